The average molecular weight is 199 g/mol. The molecule has 0 spiro atoms. The van der Waals surface area contributed by atoms with Crippen LogP contribution in [0.2, 0.25) is 0 Å². The zero-order valence-corrected chi connectivity index (χ0v) is 7.58. The number of pyridine rings is 1. The minimum absolute atomic E-state index is 0.0359. The summed E-state index contributed by atoms with van der Waals surface area (Å²) in [7, 11) is 1.41. The molecule has 6 heteroatoms. The first kappa shape index (κ1) is 10.4. The van der Waals surface area contributed by atoms with Gasteiger partial charge in [0.15, 0.2) is 0 Å². The number of amides is 1. The molecule has 3 N–H and O–H groups in total. The lowest BCUT2D eigenvalue weighted by Gasteiger charge is -2.03. The number of ether oxygens (including phenoxy) is 1. The number of nitrogens with zero attached hydrogens (tertiary/aromatic N) is 1. The van der Waals surface area contributed by atoms with Crippen molar-refractivity contribution in [2.24, 2.45) is 5.84 Å². The monoisotopic (exact) mass is 199 g/mol. The number of hydrazine groups is 1. The lowest BCUT2D eigenvalue weighted by molar-refractivity contribution is -0.120. The predicted molar refractivity (Wildman–Crippen MR) is 46.8 cm³/mol. The third-order valence-corrected chi connectivity index (χ3v) is 1.62. The van der Waals surface area contributed by atoms with Gasteiger partial charge in [0.05, 0.1) is 25.4 Å². The second-order valence-electron chi connectivity index (χ2n) is 2.55. The Bertz CT molecular complexity index is 343. The molecule has 1 heterocycles. The number of halogens is 1. The molecule has 0 radical (unpaired) electrons. The minimum atomic E-state index is -0.590. The standard InChI is InChI=1S/C8H10FN3O2/c1-14-5-2-6(9)7(11-4-5)3-8(13)12-10/h2,4H,3,10H2,1H3,(H,12,13). The zero-order valence-electron chi connectivity index (χ0n) is 7.58. The van der Waals surface area contributed by atoms with Crippen LogP contribution in [0.15, 0.2) is 12.3 Å². The van der Waals surface area contributed by atoms with Gasteiger partial charge in [-0.15, -0.1) is 0 Å². The van der Waals surface area contributed by atoms with Crippen molar-refractivity contribution in [3.8, 4) is 5.75 Å². The van der Waals surface area contributed by atoms with Crippen LogP contribution in [0.5, 0.6) is 5.75 Å². The van der Waals surface area contributed by atoms with Crippen molar-refractivity contribution in [2.45, 2.75) is 6.42 Å². The van der Waals surface area contributed by atoms with Crippen LogP contribution >= 0.6 is 0 Å². The van der Waals surface area contributed by atoms with E-state index in [4.69, 9.17) is 10.6 Å². The first-order valence-corrected chi connectivity index (χ1v) is 3.85. The van der Waals surface area contributed by atoms with E-state index in [9.17, 15) is 9.18 Å². The van der Waals surface area contributed by atoms with Crippen molar-refractivity contribution in [1.82, 2.24) is 10.4 Å². The molecule has 0 aliphatic heterocycles. The molecule has 0 fully saturated rings. The summed E-state index contributed by atoms with van der Waals surface area (Å²) in [6.07, 6.45) is 1.15. The van der Waals surface area contributed by atoms with Crippen LogP contribution in [0.4, 0.5) is 4.39 Å². The second-order valence-corrected chi connectivity index (χ2v) is 2.55. The summed E-state index contributed by atoms with van der Waals surface area (Å²) in [6.45, 7) is 0. The van der Waals surface area contributed by atoms with Crippen molar-refractivity contribution in [3.63, 3.8) is 0 Å². The second kappa shape index (κ2) is 4.52. The highest BCUT2D eigenvalue weighted by Crippen LogP contribution is 2.13. The maximum atomic E-state index is 13.2. The summed E-state index contributed by atoms with van der Waals surface area (Å²) in [5, 5.41) is 0. The predicted octanol–water partition coefficient (Wildman–Crippen LogP) is -0.238. The van der Waals surface area contributed by atoms with E-state index >= 15 is 0 Å². The van der Waals surface area contributed by atoms with E-state index < -0.39 is 11.7 Å². The number of nitrogens with two attached hydrogens (primary N) is 1. The molecule has 1 aromatic rings. The fourth-order valence-corrected chi connectivity index (χ4v) is 0.894. The average Bonchev–Trinajstić information content (AvgIpc) is 2.20. The van der Waals surface area contributed by atoms with Crippen LogP contribution in [0, 0.1) is 5.82 Å². The smallest absolute Gasteiger partial charge is 0.240 e. The SMILES string of the molecule is COc1cnc(CC(=O)NN)c(F)c1. The van der Waals surface area contributed by atoms with Gasteiger partial charge in [-0.1, -0.05) is 0 Å². The van der Waals surface area contributed by atoms with Gasteiger partial charge in [-0.25, -0.2) is 10.2 Å². The van der Waals surface area contributed by atoms with Gasteiger partial charge in [-0.3, -0.25) is 15.2 Å². The molecule has 0 saturated carbocycles. The minimum Gasteiger partial charge on any atom is -0.495 e. The Morgan fingerprint density at radius 2 is 2.50 bits per heavy atom. The Morgan fingerprint density at radius 3 is 3.00 bits per heavy atom. The van der Waals surface area contributed by atoms with Crippen LogP contribution in [0.1, 0.15) is 5.69 Å². The molecule has 1 amide bonds. The zero-order chi connectivity index (χ0) is 10.6. The lowest BCUT2D eigenvalue weighted by atomic mass is 10.2. The molecular formula is C8H10FN3O2. The van der Waals surface area contributed by atoms with Gasteiger partial charge in [0.1, 0.15) is 11.6 Å². The number of carbonyl (C=O) groups is 1. The van der Waals surface area contributed by atoms with Crippen LogP contribution in [-0.2, 0) is 11.2 Å². The van der Waals surface area contributed by atoms with Gasteiger partial charge in [-0.2, -0.15) is 0 Å². The maximum absolute atomic E-state index is 13.2. The largest absolute Gasteiger partial charge is 0.495 e. The number of hydrogen-bond donors (Lipinski definition) is 2. The lowest BCUT2D eigenvalue weighted by Crippen LogP contribution is -2.31. The molecule has 0 aromatic carbocycles. The molecular weight excluding hydrogens is 189 g/mol. The Morgan fingerprint density at radius 1 is 1.79 bits per heavy atom. The van der Waals surface area contributed by atoms with E-state index in [1.807, 2.05) is 5.43 Å². The van der Waals surface area contributed by atoms with Crippen LogP contribution in [0.25, 0.3) is 0 Å². The Labute approximate surface area is 80.0 Å². The van der Waals surface area contributed by atoms with Crippen molar-refractivity contribution >= 4 is 5.91 Å². The Kier molecular flexibility index (Phi) is 3.35. The molecule has 0 unspecified atom stereocenters. The van der Waals surface area contributed by atoms with Crippen molar-refractivity contribution in [3.05, 3.63) is 23.8 Å². The molecule has 14 heavy (non-hydrogen) atoms. The van der Waals surface area contributed by atoms with Crippen molar-refractivity contribution in [1.29, 1.82) is 0 Å². The molecule has 0 aliphatic rings. The van der Waals surface area contributed by atoms with E-state index in [1.54, 1.807) is 0 Å². The Balaban J connectivity index is 2.83. The normalized spacial score (nSPS) is 9.64. The number of nitrogens with one attached hydrogen (secondary N) is 1. The highest BCUT2D eigenvalue weighted by molar-refractivity contribution is 5.77. The summed E-state index contributed by atoms with van der Waals surface area (Å²) in [6, 6.07) is 1.16. The van der Waals surface area contributed by atoms with Crippen LogP contribution < -0.4 is 16.0 Å². The maximum Gasteiger partial charge on any atom is 0.240 e. The summed E-state index contributed by atoms with van der Waals surface area (Å²) in [5.41, 5.74) is 1.93. The van der Waals surface area contributed by atoms with Gasteiger partial charge < -0.3 is 4.74 Å². The van der Waals surface area contributed by atoms with Crippen molar-refractivity contribution in [2.75, 3.05) is 7.11 Å². The summed E-state index contributed by atoms with van der Waals surface area (Å²) >= 11 is 0. The van der Waals surface area contributed by atoms with E-state index in [2.05, 4.69) is 4.98 Å². The fraction of sp³-hybridized carbons (Fsp3) is 0.250. The number of rotatable bonds is 3. The number of methoxy groups -OCH3 is 1. The van der Waals surface area contributed by atoms with E-state index in [-0.39, 0.29) is 12.1 Å². The summed E-state index contributed by atoms with van der Waals surface area (Å²) < 4.78 is 17.9. The fourth-order valence-electron chi connectivity index (χ4n) is 0.894. The summed E-state index contributed by atoms with van der Waals surface area (Å²) in [4.78, 5) is 14.5. The first-order chi connectivity index (χ1) is 6.67. The van der Waals surface area contributed by atoms with Crippen LogP contribution in [-0.4, -0.2) is 18.0 Å². The van der Waals surface area contributed by atoms with Crippen molar-refractivity contribution < 1.29 is 13.9 Å². The number of hydrogen-bond acceptors (Lipinski definition) is 4. The van der Waals surface area contributed by atoms with E-state index in [0.29, 0.717) is 5.75 Å². The molecule has 76 valence electrons. The Hall–Kier alpha value is -1.69. The van der Waals surface area contributed by atoms with Gasteiger partial charge >= 0.3 is 0 Å². The van der Waals surface area contributed by atoms with E-state index in [0.717, 1.165) is 6.07 Å². The molecule has 1 aromatic heterocycles. The topological polar surface area (TPSA) is 77.2 Å². The highest BCUT2D eigenvalue weighted by Gasteiger charge is 2.09. The van der Waals surface area contributed by atoms with Gasteiger partial charge in [0, 0.05) is 6.07 Å². The molecule has 0 atom stereocenters. The molecule has 0 saturated heterocycles. The third kappa shape index (κ3) is 2.40. The number of aromatic nitrogens is 1. The molecule has 5 nitrogen and oxygen atoms in total. The van der Waals surface area contributed by atoms with Gasteiger partial charge in [-0.05, 0) is 0 Å². The van der Waals surface area contributed by atoms with Crippen LogP contribution in [0.3, 0.4) is 0 Å². The highest BCUT2D eigenvalue weighted by atomic mass is 19.1. The third-order valence-electron chi connectivity index (χ3n) is 1.62. The summed E-state index contributed by atoms with van der Waals surface area (Å²) in [5.74, 6) is 4.07. The van der Waals surface area contributed by atoms with Gasteiger partial charge in [0.2, 0.25) is 5.91 Å². The molecule has 0 aliphatic carbocycles. The van der Waals surface area contributed by atoms with Gasteiger partial charge in [0.25, 0.3) is 0 Å². The number of carbonyl (C=O) groups excluding carboxylic acids is 1. The molecule has 1 rings (SSSR count). The quantitative estimate of drug-likeness (QED) is 0.400. The first-order valence-electron chi connectivity index (χ1n) is 3.85. The van der Waals surface area contributed by atoms with E-state index in [1.165, 1.54) is 13.3 Å². The molecule has 0 bridgehead atoms.